The quantitative estimate of drug-likeness (QED) is 0.907. The van der Waals surface area contributed by atoms with E-state index < -0.39 is 0 Å². The number of rotatable bonds is 5. The maximum atomic E-state index is 13.0. The molecule has 4 nitrogen and oxygen atoms in total. The lowest BCUT2D eigenvalue weighted by molar-refractivity contribution is -0.122. The highest BCUT2D eigenvalue weighted by Crippen LogP contribution is 2.22. The lowest BCUT2D eigenvalue weighted by atomic mass is 10.1. The maximum Gasteiger partial charge on any atom is 0.221 e. The van der Waals surface area contributed by atoms with Gasteiger partial charge in [0.1, 0.15) is 5.82 Å². The molecule has 3 rings (SSSR count). The highest BCUT2D eigenvalue weighted by atomic mass is 19.1. The zero-order valence-corrected chi connectivity index (χ0v) is 13.5. The van der Waals surface area contributed by atoms with E-state index in [1.54, 1.807) is 12.1 Å². The van der Waals surface area contributed by atoms with E-state index >= 15 is 0 Å². The van der Waals surface area contributed by atoms with E-state index in [0.717, 1.165) is 38.0 Å². The van der Waals surface area contributed by atoms with Crippen LogP contribution in [0.4, 0.5) is 4.39 Å². The summed E-state index contributed by atoms with van der Waals surface area (Å²) in [7, 11) is 0. The Balaban J connectivity index is 1.44. The summed E-state index contributed by atoms with van der Waals surface area (Å²) in [6.07, 6.45) is 5.20. The summed E-state index contributed by atoms with van der Waals surface area (Å²) in [4.78, 5) is 14.3. The minimum atomic E-state index is -0.231. The van der Waals surface area contributed by atoms with Gasteiger partial charge in [0.2, 0.25) is 5.91 Å². The van der Waals surface area contributed by atoms with Gasteiger partial charge in [-0.05, 0) is 30.5 Å². The monoisotopic (exact) mass is 320 g/mol. The number of carbonyl (C=O) groups is 1. The summed E-state index contributed by atoms with van der Waals surface area (Å²) >= 11 is 0. The lowest BCUT2D eigenvalue weighted by Crippen LogP contribution is -2.41. The first-order valence-corrected chi connectivity index (χ1v) is 8.59. The molecule has 1 aliphatic heterocycles. The Bertz CT molecular complexity index is 514. The minimum Gasteiger partial charge on any atom is -0.371 e. The number of hydrogen-bond donors (Lipinski definition) is 1. The van der Waals surface area contributed by atoms with Crippen LogP contribution in [-0.4, -0.2) is 43.1 Å². The van der Waals surface area contributed by atoms with Crippen LogP contribution >= 0.6 is 0 Å². The van der Waals surface area contributed by atoms with Gasteiger partial charge >= 0.3 is 0 Å². The summed E-state index contributed by atoms with van der Waals surface area (Å²) in [5.74, 6) is -0.0771. The number of benzene rings is 1. The number of carbonyl (C=O) groups excluding carboxylic acids is 1. The molecule has 0 unspecified atom stereocenters. The van der Waals surface area contributed by atoms with Crippen LogP contribution in [0.5, 0.6) is 0 Å². The second-order valence-corrected chi connectivity index (χ2v) is 6.51. The van der Waals surface area contributed by atoms with E-state index in [1.165, 1.54) is 25.0 Å². The number of hydrogen-bond acceptors (Lipinski definition) is 3. The second kappa shape index (κ2) is 7.88. The maximum absolute atomic E-state index is 13.0. The first-order chi connectivity index (χ1) is 11.2. The number of morpholine rings is 1. The van der Waals surface area contributed by atoms with Crippen molar-refractivity contribution >= 4 is 5.91 Å². The molecule has 1 aromatic rings. The van der Waals surface area contributed by atoms with Gasteiger partial charge in [-0.25, -0.2) is 4.39 Å². The molecule has 1 aromatic carbocycles. The van der Waals surface area contributed by atoms with Crippen LogP contribution in [0, 0.1) is 5.82 Å². The number of amides is 1. The van der Waals surface area contributed by atoms with Gasteiger partial charge in [0.15, 0.2) is 0 Å². The van der Waals surface area contributed by atoms with Crippen molar-refractivity contribution in [3.05, 3.63) is 35.6 Å². The van der Waals surface area contributed by atoms with E-state index in [-0.39, 0.29) is 17.8 Å². The van der Waals surface area contributed by atoms with Crippen LogP contribution in [0.25, 0.3) is 0 Å². The Hall–Kier alpha value is -1.46. The molecular formula is C18H25FN2O2. The molecule has 1 saturated carbocycles. The largest absolute Gasteiger partial charge is 0.371 e. The van der Waals surface area contributed by atoms with Gasteiger partial charge in [-0.1, -0.05) is 25.0 Å². The number of halogens is 1. The predicted molar refractivity (Wildman–Crippen MR) is 86.5 cm³/mol. The summed E-state index contributed by atoms with van der Waals surface area (Å²) in [5, 5.41) is 3.13. The molecule has 23 heavy (non-hydrogen) atoms. The molecule has 1 heterocycles. The summed E-state index contributed by atoms with van der Waals surface area (Å²) in [5.41, 5.74) is 0.992. The summed E-state index contributed by atoms with van der Waals surface area (Å²) in [6, 6.07) is 6.87. The Morgan fingerprint density at radius 1 is 1.26 bits per heavy atom. The molecule has 2 aliphatic rings. The van der Waals surface area contributed by atoms with Crippen molar-refractivity contribution in [1.29, 1.82) is 0 Å². The molecule has 1 amide bonds. The molecule has 0 aromatic heterocycles. The van der Waals surface area contributed by atoms with Crippen LogP contribution in [0.2, 0.25) is 0 Å². The SMILES string of the molecule is O=C(CCN1CCO[C@@H](c2ccc(F)cc2)C1)NC1CCCC1. The molecule has 1 saturated heterocycles. The lowest BCUT2D eigenvalue weighted by Gasteiger charge is -2.33. The van der Waals surface area contributed by atoms with Gasteiger partial charge < -0.3 is 10.1 Å². The van der Waals surface area contributed by atoms with Crippen LogP contribution in [0.1, 0.15) is 43.8 Å². The van der Waals surface area contributed by atoms with Gasteiger partial charge in [-0.3, -0.25) is 9.69 Å². The number of ether oxygens (including phenoxy) is 1. The average molecular weight is 320 g/mol. The fourth-order valence-electron chi connectivity index (χ4n) is 3.41. The summed E-state index contributed by atoms with van der Waals surface area (Å²) in [6.45, 7) is 2.99. The van der Waals surface area contributed by atoms with Gasteiger partial charge in [0, 0.05) is 32.1 Å². The zero-order valence-electron chi connectivity index (χ0n) is 13.5. The Morgan fingerprint density at radius 3 is 2.74 bits per heavy atom. The number of nitrogens with zero attached hydrogens (tertiary/aromatic N) is 1. The third-order valence-corrected chi connectivity index (χ3v) is 4.77. The van der Waals surface area contributed by atoms with Crippen molar-refractivity contribution in [1.82, 2.24) is 10.2 Å². The topological polar surface area (TPSA) is 41.6 Å². The molecule has 0 radical (unpaired) electrons. The molecule has 0 bridgehead atoms. The van der Waals surface area contributed by atoms with Gasteiger partial charge in [-0.15, -0.1) is 0 Å². The Morgan fingerprint density at radius 2 is 2.00 bits per heavy atom. The van der Waals surface area contributed by atoms with Crippen LogP contribution in [0.15, 0.2) is 24.3 Å². The van der Waals surface area contributed by atoms with Gasteiger partial charge in [0.25, 0.3) is 0 Å². The van der Waals surface area contributed by atoms with Gasteiger partial charge in [-0.2, -0.15) is 0 Å². The van der Waals surface area contributed by atoms with Crippen LogP contribution in [0.3, 0.4) is 0 Å². The molecule has 0 spiro atoms. The van der Waals surface area contributed by atoms with E-state index in [0.29, 0.717) is 19.1 Å². The van der Waals surface area contributed by atoms with Crippen LogP contribution < -0.4 is 5.32 Å². The molecule has 2 fully saturated rings. The first kappa shape index (κ1) is 16.4. The smallest absolute Gasteiger partial charge is 0.221 e. The van der Waals surface area contributed by atoms with Crippen molar-refractivity contribution in [3.63, 3.8) is 0 Å². The first-order valence-electron chi connectivity index (χ1n) is 8.59. The highest BCUT2D eigenvalue weighted by Gasteiger charge is 2.23. The van der Waals surface area contributed by atoms with Crippen LogP contribution in [-0.2, 0) is 9.53 Å². The van der Waals surface area contributed by atoms with Crippen molar-refractivity contribution in [2.24, 2.45) is 0 Å². The molecule has 1 atom stereocenters. The second-order valence-electron chi connectivity index (χ2n) is 6.51. The fourth-order valence-corrected chi connectivity index (χ4v) is 3.41. The summed E-state index contributed by atoms with van der Waals surface area (Å²) < 4.78 is 18.8. The Labute approximate surface area is 137 Å². The normalized spacial score (nSPS) is 23.1. The molecule has 126 valence electrons. The van der Waals surface area contributed by atoms with Crippen molar-refractivity contribution in [2.45, 2.75) is 44.2 Å². The third kappa shape index (κ3) is 4.75. The van der Waals surface area contributed by atoms with E-state index in [4.69, 9.17) is 4.74 Å². The molecule has 5 heteroatoms. The predicted octanol–water partition coefficient (Wildman–Crippen LogP) is 2.65. The van der Waals surface area contributed by atoms with E-state index in [9.17, 15) is 9.18 Å². The van der Waals surface area contributed by atoms with E-state index in [1.807, 2.05) is 0 Å². The standard InChI is InChI=1S/C18H25FN2O2/c19-15-7-5-14(6-8-15)17-13-21(11-12-23-17)10-9-18(22)20-16-3-1-2-4-16/h5-8,16-17H,1-4,9-13H2,(H,20,22)/t17-/m1/s1. The molecular weight excluding hydrogens is 295 g/mol. The van der Waals surface area contributed by atoms with Gasteiger partial charge in [0.05, 0.1) is 12.7 Å². The molecule has 1 N–H and O–H groups in total. The van der Waals surface area contributed by atoms with Crippen molar-refractivity contribution in [3.8, 4) is 0 Å². The fraction of sp³-hybridized carbons (Fsp3) is 0.611. The highest BCUT2D eigenvalue weighted by molar-refractivity contribution is 5.76. The zero-order chi connectivity index (χ0) is 16.1. The van der Waals surface area contributed by atoms with Crippen molar-refractivity contribution < 1.29 is 13.9 Å². The number of nitrogens with one attached hydrogen (secondary N) is 1. The van der Waals surface area contributed by atoms with Crippen molar-refractivity contribution in [2.75, 3.05) is 26.2 Å². The van der Waals surface area contributed by atoms with E-state index in [2.05, 4.69) is 10.2 Å². The Kier molecular flexibility index (Phi) is 5.62. The minimum absolute atomic E-state index is 0.0396. The molecule has 1 aliphatic carbocycles. The average Bonchev–Trinajstić information content (AvgIpc) is 3.07. The third-order valence-electron chi connectivity index (χ3n) is 4.77.